The fraction of sp³-hybridized carbons (Fsp3) is 0.722. The molecule has 0 aromatic carbocycles. The molecule has 2 aliphatic rings. The van der Waals surface area contributed by atoms with Crippen LogP contribution in [0.25, 0.3) is 5.65 Å². The molecular weight excluding hydrogens is 316 g/mol. The SMILES string of the molecule is CC(C)(C)c1nnc2ccc(N3CC(CNC4CCOCC4)C3)nn12. The van der Waals surface area contributed by atoms with Crippen molar-refractivity contribution in [3.05, 3.63) is 18.0 Å². The zero-order valence-corrected chi connectivity index (χ0v) is 15.4. The Labute approximate surface area is 148 Å². The van der Waals surface area contributed by atoms with Crippen LogP contribution < -0.4 is 10.2 Å². The van der Waals surface area contributed by atoms with Gasteiger partial charge in [0.05, 0.1) is 0 Å². The number of fused-ring (bicyclic) bond motifs is 1. The maximum absolute atomic E-state index is 5.41. The maximum atomic E-state index is 5.41. The summed E-state index contributed by atoms with van der Waals surface area (Å²) in [5, 5.41) is 17.0. The highest BCUT2D eigenvalue weighted by atomic mass is 16.5. The van der Waals surface area contributed by atoms with Crippen molar-refractivity contribution >= 4 is 11.5 Å². The normalized spacial score (nSPS) is 20.2. The lowest BCUT2D eigenvalue weighted by Crippen LogP contribution is -2.52. The molecule has 2 fully saturated rings. The summed E-state index contributed by atoms with van der Waals surface area (Å²) in [4.78, 5) is 2.34. The summed E-state index contributed by atoms with van der Waals surface area (Å²) in [6.45, 7) is 11.4. The van der Waals surface area contributed by atoms with Crippen LogP contribution in [0.5, 0.6) is 0 Å². The first kappa shape index (κ1) is 16.7. The van der Waals surface area contributed by atoms with E-state index in [-0.39, 0.29) is 5.41 Å². The minimum atomic E-state index is -0.0733. The Hall–Kier alpha value is -1.73. The molecule has 0 aliphatic carbocycles. The van der Waals surface area contributed by atoms with E-state index in [9.17, 15) is 0 Å². The molecule has 0 unspecified atom stereocenters. The molecule has 0 atom stereocenters. The van der Waals surface area contributed by atoms with E-state index in [4.69, 9.17) is 9.84 Å². The van der Waals surface area contributed by atoms with Crippen LogP contribution in [0.2, 0.25) is 0 Å². The highest BCUT2D eigenvalue weighted by Crippen LogP contribution is 2.25. The van der Waals surface area contributed by atoms with Crippen molar-refractivity contribution in [2.75, 3.05) is 37.7 Å². The number of aromatic nitrogens is 4. The number of hydrogen-bond donors (Lipinski definition) is 1. The van der Waals surface area contributed by atoms with Crippen LogP contribution in [0, 0.1) is 5.92 Å². The average Bonchev–Trinajstić information content (AvgIpc) is 2.98. The van der Waals surface area contributed by atoms with E-state index in [2.05, 4.69) is 47.3 Å². The molecule has 0 spiro atoms. The predicted octanol–water partition coefficient (Wildman–Crippen LogP) is 1.63. The molecule has 2 aliphatic heterocycles. The Morgan fingerprint density at radius 1 is 1.16 bits per heavy atom. The number of rotatable bonds is 4. The highest BCUT2D eigenvalue weighted by molar-refractivity contribution is 5.47. The fourth-order valence-corrected chi connectivity index (χ4v) is 3.54. The molecule has 136 valence electrons. The predicted molar refractivity (Wildman–Crippen MR) is 97.0 cm³/mol. The molecule has 25 heavy (non-hydrogen) atoms. The first-order valence-electron chi connectivity index (χ1n) is 9.30. The molecule has 0 bridgehead atoms. The van der Waals surface area contributed by atoms with E-state index in [0.29, 0.717) is 12.0 Å². The Balaban J connectivity index is 1.37. The zero-order valence-electron chi connectivity index (χ0n) is 15.4. The van der Waals surface area contributed by atoms with Gasteiger partial charge in [-0.1, -0.05) is 20.8 Å². The number of anilines is 1. The van der Waals surface area contributed by atoms with E-state index in [1.165, 1.54) is 0 Å². The van der Waals surface area contributed by atoms with E-state index in [1.807, 2.05) is 10.6 Å². The molecule has 0 amide bonds. The first-order valence-corrected chi connectivity index (χ1v) is 9.30. The van der Waals surface area contributed by atoms with E-state index < -0.39 is 0 Å². The summed E-state index contributed by atoms with van der Waals surface area (Å²) in [7, 11) is 0. The molecule has 0 saturated carbocycles. The minimum absolute atomic E-state index is 0.0733. The van der Waals surface area contributed by atoms with E-state index in [0.717, 1.165) is 63.0 Å². The topological polar surface area (TPSA) is 67.6 Å². The summed E-state index contributed by atoms with van der Waals surface area (Å²) in [5.41, 5.74) is 0.739. The second kappa shape index (κ2) is 6.53. The number of nitrogens with one attached hydrogen (secondary N) is 1. The molecule has 4 heterocycles. The molecule has 7 heteroatoms. The van der Waals surface area contributed by atoms with Gasteiger partial charge in [0.2, 0.25) is 0 Å². The third-order valence-corrected chi connectivity index (χ3v) is 5.12. The van der Waals surface area contributed by atoms with Crippen molar-refractivity contribution in [2.45, 2.75) is 45.1 Å². The van der Waals surface area contributed by atoms with Crippen LogP contribution in [0.15, 0.2) is 12.1 Å². The van der Waals surface area contributed by atoms with Gasteiger partial charge in [-0.3, -0.25) is 0 Å². The van der Waals surface area contributed by atoms with Crippen LogP contribution in [0.4, 0.5) is 5.82 Å². The van der Waals surface area contributed by atoms with Gasteiger partial charge in [-0.25, -0.2) is 0 Å². The van der Waals surface area contributed by atoms with Gasteiger partial charge in [0.15, 0.2) is 11.5 Å². The second-order valence-corrected chi connectivity index (χ2v) is 8.30. The maximum Gasteiger partial charge on any atom is 0.178 e. The Morgan fingerprint density at radius 3 is 2.64 bits per heavy atom. The van der Waals surface area contributed by atoms with Gasteiger partial charge in [0, 0.05) is 50.2 Å². The number of hydrogen-bond acceptors (Lipinski definition) is 6. The lowest BCUT2D eigenvalue weighted by atomic mass is 9.96. The Kier molecular flexibility index (Phi) is 4.37. The van der Waals surface area contributed by atoms with Crippen molar-refractivity contribution in [3.8, 4) is 0 Å². The zero-order chi connectivity index (χ0) is 17.4. The van der Waals surface area contributed by atoms with Crippen LogP contribution in [-0.4, -0.2) is 58.7 Å². The summed E-state index contributed by atoms with van der Waals surface area (Å²) >= 11 is 0. The third kappa shape index (κ3) is 3.48. The fourth-order valence-electron chi connectivity index (χ4n) is 3.54. The summed E-state index contributed by atoms with van der Waals surface area (Å²) in [5.74, 6) is 2.62. The quantitative estimate of drug-likeness (QED) is 0.909. The van der Waals surface area contributed by atoms with Gasteiger partial charge in [0.1, 0.15) is 5.82 Å². The number of nitrogens with zero attached hydrogens (tertiary/aromatic N) is 5. The average molecular weight is 344 g/mol. The van der Waals surface area contributed by atoms with Crippen molar-refractivity contribution in [1.29, 1.82) is 0 Å². The van der Waals surface area contributed by atoms with Crippen LogP contribution in [-0.2, 0) is 10.2 Å². The van der Waals surface area contributed by atoms with Crippen molar-refractivity contribution in [2.24, 2.45) is 5.92 Å². The molecular formula is C18H28N6O. The van der Waals surface area contributed by atoms with Gasteiger partial charge >= 0.3 is 0 Å². The lowest BCUT2D eigenvalue weighted by molar-refractivity contribution is 0.0765. The van der Waals surface area contributed by atoms with Crippen molar-refractivity contribution < 1.29 is 4.74 Å². The molecule has 1 N–H and O–H groups in total. The molecule has 0 radical (unpaired) electrons. The van der Waals surface area contributed by atoms with E-state index >= 15 is 0 Å². The minimum Gasteiger partial charge on any atom is -0.381 e. The standard InChI is InChI=1S/C18H28N6O/c1-18(2,3)17-21-20-15-4-5-16(22-24(15)17)23-11-13(12-23)10-19-14-6-8-25-9-7-14/h4-5,13-14,19H,6-12H2,1-3H3. The van der Waals surface area contributed by atoms with Gasteiger partial charge in [-0.15, -0.1) is 15.3 Å². The van der Waals surface area contributed by atoms with Gasteiger partial charge in [-0.2, -0.15) is 4.52 Å². The van der Waals surface area contributed by atoms with Gasteiger partial charge < -0.3 is 15.0 Å². The first-order chi connectivity index (χ1) is 12.0. The van der Waals surface area contributed by atoms with Crippen LogP contribution in [0.1, 0.15) is 39.4 Å². The van der Waals surface area contributed by atoms with Crippen LogP contribution in [0.3, 0.4) is 0 Å². The molecule has 4 rings (SSSR count). The third-order valence-electron chi connectivity index (χ3n) is 5.12. The van der Waals surface area contributed by atoms with Crippen LogP contribution >= 0.6 is 0 Å². The smallest absolute Gasteiger partial charge is 0.178 e. The molecule has 2 aromatic heterocycles. The van der Waals surface area contributed by atoms with Crippen molar-refractivity contribution in [1.82, 2.24) is 25.1 Å². The molecule has 2 saturated heterocycles. The lowest BCUT2D eigenvalue weighted by Gasteiger charge is -2.41. The number of ether oxygens (including phenoxy) is 1. The monoisotopic (exact) mass is 344 g/mol. The molecule has 7 nitrogen and oxygen atoms in total. The van der Waals surface area contributed by atoms with E-state index in [1.54, 1.807) is 0 Å². The Morgan fingerprint density at radius 2 is 1.92 bits per heavy atom. The summed E-state index contributed by atoms with van der Waals surface area (Å²) in [6.07, 6.45) is 2.27. The second-order valence-electron chi connectivity index (χ2n) is 8.30. The van der Waals surface area contributed by atoms with Gasteiger partial charge in [0.25, 0.3) is 0 Å². The largest absolute Gasteiger partial charge is 0.381 e. The molecule has 2 aromatic rings. The summed E-state index contributed by atoms with van der Waals surface area (Å²) < 4.78 is 7.31. The van der Waals surface area contributed by atoms with Gasteiger partial charge in [-0.05, 0) is 25.0 Å². The Bertz CT molecular complexity index is 725. The highest BCUT2D eigenvalue weighted by Gasteiger charge is 2.29. The van der Waals surface area contributed by atoms with Crippen molar-refractivity contribution in [3.63, 3.8) is 0 Å². The summed E-state index contributed by atoms with van der Waals surface area (Å²) in [6, 6.07) is 4.69.